The third kappa shape index (κ3) is 7.98. The van der Waals surface area contributed by atoms with Gasteiger partial charge in [0.15, 0.2) is 0 Å². The summed E-state index contributed by atoms with van der Waals surface area (Å²) in [7, 11) is -0.987. The summed E-state index contributed by atoms with van der Waals surface area (Å²) in [6.45, 7) is 4.71. The number of hydrogen-bond donors (Lipinski definition) is 1. The Morgan fingerprint density at radius 2 is 2.07 bits per heavy atom. The van der Waals surface area contributed by atoms with Gasteiger partial charge in [-0.2, -0.15) is 0 Å². The highest BCUT2D eigenvalue weighted by Crippen LogP contribution is 1.93. The minimum absolute atomic E-state index is 0.156. The van der Waals surface area contributed by atoms with Crippen molar-refractivity contribution in [2.24, 2.45) is 0 Å². The third-order valence-electron chi connectivity index (χ3n) is 1.62. The van der Waals surface area contributed by atoms with Gasteiger partial charge in [0, 0.05) is 34.6 Å². The Balaban J connectivity index is 3.68. The van der Waals surface area contributed by atoms with Gasteiger partial charge in [0.2, 0.25) is 5.91 Å². The predicted molar refractivity (Wildman–Crippen MR) is 60.4 cm³/mol. The molecule has 1 atom stereocenters. The molecule has 0 saturated heterocycles. The van der Waals surface area contributed by atoms with E-state index in [9.17, 15) is 9.00 Å². The second-order valence-corrected chi connectivity index (χ2v) is 4.47. The summed E-state index contributed by atoms with van der Waals surface area (Å²) < 4.78 is 11.2. The van der Waals surface area contributed by atoms with Gasteiger partial charge in [0.1, 0.15) is 0 Å². The maximum atomic E-state index is 11.2. The zero-order valence-electron chi connectivity index (χ0n) is 8.91. The maximum Gasteiger partial charge on any atom is 0.244 e. The molecule has 0 aliphatic rings. The SMILES string of the molecule is CCCCS(=O)/C=C/C(=O)NCCC. The van der Waals surface area contributed by atoms with E-state index in [-0.39, 0.29) is 5.91 Å². The normalized spacial score (nSPS) is 13.0. The fraction of sp³-hybridized carbons (Fsp3) is 0.700. The number of hydrogen-bond acceptors (Lipinski definition) is 2. The third-order valence-corrected chi connectivity index (χ3v) is 2.75. The molecule has 0 fully saturated rings. The highest BCUT2D eigenvalue weighted by atomic mass is 32.2. The second kappa shape index (κ2) is 8.94. The highest BCUT2D eigenvalue weighted by Gasteiger charge is 1.96. The van der Waals surface area contributed by atoms with E-state index in [1.165, 1.54) is 11.5 Å². The van der Waals surface area contributed by atoms with Crippen LogP contribution in [0.1, 0.15) is 33.1 Å². The fourth-order valence-corrected chi connectivity index (χ4v) is 1.78. The molecule has 0 aromatic rings. The topological polar surface area (TPSA) is 46.2 Å². The second-order valence-electron chi connectivity index (χ2n) is 3.03. The minimum atomic E-state index is -0.987. The Kier molecular flexibility index (Phi) is 8.53. The van der Waals surface area contributed by atoms with E-state index in [1.54, 1.807) is 0 Å². The van der Waals surface area contributed by atoms with Crippen LogP contribution in [0, 0.1) is 0 Å². The molecule has 0 aromatic carbocycles. The van der Waals surface area contributed by atoms with Gasteiger partial charge < -0.3 is 5.32 Å². The lowest BCUT2D eigenvalue weighted by atomic mass is 10.4. The van der Waals surface area contributed by atoms with E-state index in [0.29, 0.717) is 12.3 Å². The van der Waals surface area contributed by atoms with Crippen molar-refractivity contribution < 1.29 is 9.00 Å². The summed E-state index contributed by atoms with van der Waals surface area (Å²) in [5, 5.41) is 4.16. The smallest absolute Gasteiger partial charge is 0.244 e. The Bertz CT molecular complexity index is 192. The van der Waals surface area contributed by atoms with Crippen molar-refractivity contribution in [2.45, 2.75) is 33.1 Å². The zero-order chi connectivity index (χ0) is 10.8. The average Bonchev–Trinajstić information content (AvgIpc) is 2.20. The van der Waals surface area contributed by atoms with Crippen LogP contribution in [0.25, 0.3) is 0 Å². The maximum absolute atomic E-state index is 11.2. The number of nitrogens with one attached hydrogen (secondary N) is 1. The van der Waals surface area contributed by atoms with Crippen LogP contribution >= 0.6 is 0 Å². The van der Waals surface area contributed by atoms with Crippen molar-refractivity contribution in [1.29, 1.82) is 0 Å². The molecule has 1 unspecified atom stereocenters. The fourth-order valence-electron chi connectivity index (χ4n) is 0.799. The van der Waals surface area contributed by atoms with E-state index in [4.69, 9.17) is 0 Å². The number of amides is 1. The first-order valence-corrected chi connectivity index (χ1v) is 6.42. The van der Waals surface area contributed by atoms with E-state index in [0.717, 1.165) is 19.3 Å². The van der Waals surface area contributed by atoms with Crippen molar-refractivity contribution in [3.05, 3.63) is 11.5 Å². The van der Waals surface area contributed by atoms with Crippen molar-refractivity contribution in [1.82, 2.24) is 5.32 Å². The van der Waals surface area contributed by atoms with Gasteiger partial charge in [-0.05, 0) is 12.8 Å². The molecule has 0 aromatic heterocycles. The van der Waals surface area contributed by atoms with Gasteiger partial charge in [0.25, 0.3) is 0 Å². The van der Waals surface area contributed by atoms with Crippen LogP contribution in [-0.2, 0) is 15.6 Å². The van der Waals surface area contributed by atoms with Crippen molar-refractivity contribution in [2.75, 3.05) is 12.3 Å². The lowest BCUT2D eigenvalue weighted by molar-refractivity contribution is -0.116. The molecule has 82 valence electrons. The predicted octanol–water partition coefficient (Wildman–Crippen LogP) is 1.58. The summed E-state index contributed by atoms with van der Waals surface area (Å²) >= 11 is 0. The molecule has 0 saturated carbocycles. The summed E-state index contributed by atoms with van der Waals surface area (Å²) in [6.07, 6.45) is 4.25. The van der Waals surface area contributed by atoms with Crippen molar-refractivity contribution >= 4 is 16.7 Å². The van der Waals surface area contributed by atoms with Gasteiger partial charge in [-0.3, -0.25) is 9.00 Å². The number of carbonyl (C=O) groups is 1. The Hall–Kier alpha value is -0.640. The number of rotatable bonds is 7. The first-order valence-electron chi connectivity index (χ1n) is 5.03. The van der Waals surface area contributed by atoms with Crippen molar-refractivity contribution in [3.63, 3.8) is 0 Å². The molecule has 0 heterocycles. The molecule has 0 aliphatic heterocycles. The van der Waals surface area contributed by atoms with Gasteiger partial charge in [-0.15, -0.1) is 0 Å². The standard InChI is InChI=1S/C10H19NO2S/c1-3-5-8-14(13)9-6-10(12)11-7-4-2/h6,9H,3-5,7-8H2,1-2H3,(H,11,12)/b9-6+. The van der Waals surface area contributed by atoms with Crippen LogP contribution in [0.5, 0.6) is 0 Å². The molecule has 0 bridgehead atoms. The number of carbonyl (C=O) groups excluding carboxylic acids is 1. The molecule has 0 spiro atoms. The molecular formula is C10H19NO2S. The van der Waals surface area contributed by atoms with Crippen LogP contribution in [0.15, 0.2) is 11.5 Å². The van der Waals surface area contributed by atoms with Crippen LogP contribution in [0.4, 0.5) is 0 Å². The molecular weight excluding hydrogens is 198 g/mol. The van der Waals surface area contributed by atoms with Crippen LogP contribution in [0.2, 0.25) is 0 Å². The summed E-state index contributed by atoms with van der Waals surface area (Å²) in [5.74, 6) is 0.491. The lowest BCUT2D eigenvalue weighted by Crippen LogP contribution is -2.21. The zero-order valence-corrected chi connectivity index (χ0v) is 9.73. The highest BCUT2D eigenvalue weighted by molar-refractivity contribution is 7.87. The van der Waals surface area contributed by atoms with Gasteiger partial charge in [-0.25, -0.2) is 0 Å². The van der Waals surface area contributed by atoms with E-state index in [2.05, 4.69) is 12.2 Å². The Morgan fingerprint density at radius 1 is 1.36 bits per heavy atom. The first-order chi connectivity index (χ1) is 6.70. The number of unbranched alkanes of at least 4 members (excludes halogenated alkanes) is 1. The van der Waals surface area contributed by atoms with Crippen molar-refractivity contribution in [3.8, 4) is 0 Å². The van der Waals surface area contributed by atoms with E-state index < -0.39 is 10.8 Å². The molecule has 0 radical (unpaired) electrons. The molecule has 4 heteroatoms. The summed E-state index contributed by atoms with van der Waals surface area (Å²) in [4.78, 5) is 11.0. The largest absolute Gasteiger partial charge is 0.353 e. The Labute approximate surface area is 88.4 Å². The van der Waals surface area contributed by atoms with Crippen LogP contribution in [0.3, 0.4) is 0 Å². The molecule has 1 amide bonds. The molecule has 1 N–H and O–H groups in total. The van der Waals surface area contributed by atoms with Gasteiger partial charge in [0.05, 0.1) is 0 Å². The van der Waals surface area contributed by atoms with Gasteiger partial charge >= 0.3 is 0 Å². The van der Waals surface area contributed by atoms with Crippen LogP contribution in [-0.4, -0.2) is 22.4 Å². The van der Waals surface area contributed by atoms with Gasteiger partial charge in [-0.1, -0.05) is 20.3 Å². The summed E-state index contributed by atoms with van der Waals surface area (Å²) in [5.41, 5.74) is 0. The summed E-state index contributed by atoms with van der Waals surface area (Å²) in [6, 6.07) is 0. The molecule has 0 aliphatic carbocycles. The molecule has 0 rings (SSSR count). The monoisotopic (exact) mass is 217 g/mol. The average molecular weight is 217 g/mol. The van der Waals surface area contributed by atoms with E-state index in [1.807, 2.05) is 6.92 Å². The Morgan fingerprint density at radius 3 is 2.64 bits per heavy atom. The van der Waals surface area contributed by atoms with E-state index >= 15 is 0 Å². The molecule has 14 heavy (non-hydrogen) atoms. The lowest BCUT2D eigenvalue weighted by Gasteiger charge is -1.97. The first kappa shape index (κ1) is 13.4. The minimum Gasteiger partial charge on any atom is -0.353 e. The molecule has 3 nitrogen and oxygen atoms in total. The van der Waals surface area contributed by atoms with Crippen LogP contribution < -0.4 is 5.32 Å². The quantitative estimate of drug-likeness (QED) is 0.658.